The van der Waals surface area contributed by atoms with E-state index in [1.807, 2.05) is 6.07 Å². The van der Waals surface area contributed by atoms with Gasteiger partial charge in [0, 0.05) is 34.6 Å². The van der Waals surface area contributed by atoms with E-state index >= 15 is 0 Å². The third kappa shape index (κ3) is 3.24. The third-order valence-corrected chi connectivity index (χ3v) is 8.41. The van der Waals surface area contributed by atoms with Gasteiger partial charge in [-0.1, -0.05) is 58.0 Å². The maximum atomic E-state index is 14.0. The van der Waals surface area contributed by atoms with Gasteiger partial charge in [-0.05, 0) is 50.8 Å². The first-order valence-electron chi connectivity index (χ1n) is 11.8. The zero-order valence-electron chi connectivity index (χ0n) is 19.6. The van der Waals surface area contributed by atoms with Gasteiger partial charge in [-0.15, -0.1) is 0 Å². The van der Waals surface area contributed by atoms with Gasteiger partial charge in [0.15, 0.2) is 0 Å². The van der Waals surface area contributed by atoms with Gasteiger partial charge in [0.1, 0.15) is 5.69 Å². The van der Waals surface area contributed by atoms with Crippen LogP contribution in [-0.4, -0.2) is 57.1 Å². The number of benzene rings is 1. The minimum Gasteiger partial charge on any atom is -0.329 e. The molecule has 0 unspecified atom stereocenters. The summed E-state index contributed by atoms with van der Waals surface area (Å²) < 4.78 is 0. The van der Waals surface area contributed by atoms with Crippen molar-refractivity contribution in [2.24, 2.45) is 5.41 Å². The van der Waals surface area contributed by atoms with Gasteiger partial charge < -0.3 is 4.90 Å². The molecule has 3 aliphatic rings. The van der Waals surface area contributed by atoms with Crippen LogP contribution in [0.4, 0.5) is 0 Å². The first-order valence-corrected chi connectivity index (χ1v) is 11.8. The highest BCUT2D eigenvalue weighted by molar-refractivity contribution is 5.93. The second-order valence-corrected chi connectivity index (χ2v) is 11.3. The van der Waals surface area contributed by atoms with Gasteiger partial charge in [0.2, 0.25) is 0 Å². The average Bonchev–Trinajstić information content (AvgIpc) is 3.32. The van der Waals surface area contributed by atoms with Gasteiger partial charge in [0.25, 0.3) is 5.91 Å². The standard InChI is InChI=1S/C26H36N4O/c1-25(2,3)21-15-18(27-28-21)24(31)30-19(14-17-10-7-6-8-11-17)20-16-26(4)22(29(20)5)12-9-13-23(26)30/h6-8,10-11,15,19-20,22-23H,9,12-14,16H2,1-5H3,(H,27,28)/t19-,20+,22+,23-,26+/m1/s1. The predicted molar refractivity (Wildman–Crippen MR) is 123 cm³/mol. The SMILES string of the molecule is CN1[C@H]2CCC[C@H]3N(C(=O)c4cc(C(C)(C)C)[nH]n4)[C@H](Cc4ccccc4)[C@@H]1C[C@@]23C. The van der Waals surface area contributed by atoms with E-state index in [4.69, 9.17) is 0 Å². The topological polar surface area (TPSA) is 52.2 Å². The number of hydrogen-bond donors (Lipinski definition) is 1. The van der Waals surface area contributed by atoms with Crippen LogP contribution in [0.5, 0.6) is 0 Å². The quantitative estimate of drug-likeness (QED) is 0.800. The van der Waals surface area contributed by atoms with Crippen LogP contribution in [0, 0.1) is 5.41 Å². The fourth-order valence-electron chi connectivity index (χ4n) is 6.76. The number of aromatic nitrogens is 2. The fraction of sp³-hybridized carbons (Fsp3) is 0.615. The highest BCUT2D eigenvalue weighted by Gasteiger charge is 2.62. The maximum absolute atomic E-state index is 14.0. The molecule has 0 radical (unpaired) electrons. The number of carbonyl (C=O) groups excluding carboxylic acids is 1. The van der Waals surface area contributed by atoms with Crippen molar-refractivity contribution in [3.63, 3.8) is 0 Å². The van der Waals surface area contributed by atoms with E-state index in [1.165, 1.54) is 24.8 Å². The Kier molecular flexibility index (Phi) is 4.81. The zero-order chi connectivity index (χ0) is 22.0. The molecule has 2 aliphatic heterocycles. The number of aromatic amines is 1. The summed E-state index contributed by atoms with van der Waals surface area (Å²) in [7, 11) is 2.29. The second kappa shape index (κ2) is 7.19. The van der Waals surface area contributed by atoms with Crippen LogP contribution in [-0.2, 0) is 11.8 Å². The van der Waals surface area contributed by atoms with E-state index in [2.05, 4.69) is 85.1 Å². The highest BCUT2D eigenvalue weighted by atomic mass is 16.2. The van der Waals surface area contributed by atoms with Crippen LogP contribution in [0.3, 0.4) is 0 Å². The maximum Gasteiger partial charge on any atom is 0.274 e. The average molecular weight is 421 g/mol. The molecule has 3 fully saturated rings. The smallest absolute Gasteiger partial charge is 0.274 e. The summed E-state index contributed by atoms with van der Waals surface area (Å²) >= 11 is 0. The number of piperidine rings is 1. The van der Waals surface area contributed by atoms with Crippen LogP contribution in [0.2, 0.25) is 0 Å². The van der Waals surface area contributed by atoms with E-state index in [0.717, 1.165) is 18.5 Å². The first kappa shape index (κ1) is 20.7. The van der Waals surface area contributed by atoms with E-state index in [0.29, 0.717) is 17.8 Å². The number of nitrogens with zero attached hydrogens (tertiary/aromatic N) is 3. The normalized spacial score (nSPS) is 33.0. The summed E-state index contributed by atoms with van der Waals surface area (Å²) in [5, 5.41) is 7.62. The molecule has 2 bridgehead atoms. The highest BCUT2D eigenvalue weighted by Crippen LogP contribution is 2.56. The lowest BCUT2D eigenvalue weighted by Crippen LogP contribution is -2.62. The lowest BCUT2D eigenvalue weighted by molar-refractivity contribution is -0.0115. The number of nitrogens with one attached hydrogen (secondary N) is 1. The van der Waals surface area contributed by atoms with Crippen molar-refractivity contribution in [2.45, 2.75) is 89.4 Å². The summed E-state index contributed by atoms with van der Waals surface area (Å²) in [5.41, 5.74) is 3.00. The molecule has 2 saturated heterocycles. The molecule has 5 heteroatoms. The monoisotopic (exact) mass is 420 g/mol. The van der Waals surface area contributed by atoms with E-state index < -0.39 is 0 Å². The number of likely N-dealkylation sites (tertiary alicyclic amines) is 2. The molecule has 5 atom stereocenters. The Morgan fingerprint density at radius 2 is 1.90 bits per heavy atom. The van der Waals surface area contributed by atoms with Gasteiger partial charge >= 0.3 is 0 Å². The van der Waals surface area contributed by atoms with Crippen molar-refractivity contribution >= 4 is 5.91 Å². The summed E-state index contributed by atoms with van der Waals surface area (Å²) in [4.78, 5) is 18.9. The van der Waals surface area contributed by atoms with Gasteiger partial charge in [-0.25, -0.2) is 0 Å². The second-order valence-electron chi connectivity index (χ2n) is 11.3. The molecule has 0 spiro atoms. The van der Waals surface area contributed by atoms with Crippen molar-refractivity contribution < 1.29 is 4.79 Å². The molecule has 1 saturated carbocycles. The lowest BCUT2D eigenvalue weighted by Gasteiger charge is -2.53. The van der Waals surface area contributed by atoms with Crippen molar-refractivity contribution in [3.05, 3.63) is 53.3 Å². The first-order chi connectivity index (χ1) is 14.7. The van der Waals surface area contributed by atoms with Gasteiger partial charge in [-0.3, -0.25) is 14.8 Å². The van der Waals surface area contributed by atoms with Crippen LogP contribution in [0.15, 0.2) is 36.4 Å². The number of amides is 1. The molecular weight excluding hydrogens is 384 g/mol. The van der Waals surface area contributed by atoms with E-state index in [1.54, 1.807) is 0 Å². The van der Waals surface area contributed by atoms with Crippen molar-refractivity contribution in [1.82, 2.24) is 20.0 Å². The Balaban J connectivity index is 1.56. The lowest BCUT2D eigenvalue weighted by atomic mass is 9.64. The molecule has 5 nitrogen and oxygen atoms in total. The Bertz CT molecular complexity index is 961. The van der Waals surface area contributed by atoms with Gasteiger partial charge in [-0.2, -0.15) is 5.10 Å². The van der Waals surface area contributed by atoms with Crippen LogP contribution < -0.4 is 0 Å². The number of hydrogen-bond acceptors (Lipinski definition) is 3. The van der Waals surface area contributed by atoms with Crippen LogP contribution in [0.25, 0.3) is 0 Å². The van der Waals surface area contributed by atoms with Crippen molar-refractivity contribution in [2.75, 3.05) is 7.05 Å². The summed E-state index contributed by atoms with van der Waals surface area (Å²) in [5.74, 6) is 0.101. The Morgan fingerprint density at radius 1 is 1.19 bits per heavy atom. The predicted octanol–water partition coefficient (Wildman–Crippen LogP) is 4.41. The largest absolute Gasteiger partial charge is 0.329 e. The molecular formula is C26H36N4O. The van der Waals surface area contributed by atoms with E-state index in [-0.39, 0.29) is 28.8 Å². The number of rotatable bonds is 3. The number of H-pyrrole nitrogens is 1. The Morgan fingerprint density at radius 3 is 2.58 bits per heavy atom. The number of likely N-dealkylation sites (N-methyl/N-ethyl adjacent to an activating group) is 1. The molecule has 1 aromatic heterocycles. The van der Waals surface area contributed by atoms with Crippen molar-refractivity contribution in [3.8, 4) is 0 Å². The molecule has 1 N–H and O–H groups in total. The molecule has 1 aliphatic carbocycles. The van der Waals surface area contributed by atoms with Crippen LogP contribution in [0.1, 0.15) is 75.1 Å². The molecule has 1 aromatic carbocycles. The Hall–Kier alpha value is -2.14. The number of carbonyl (C=O) groups is 1. The molecule has 1 amide bonds. The Labute approximate surface area is 186 Å². The van der Waals surface area contributed by atoms with Crippen molar-refractivity contribution in [1.29, 1.82) is 0 Å². The molecule has 31 heavy (non-hydrogen) atoms. The minimum atomic E-state index is -0.0575. The molecule has 2 aromatic rings. The van der Waals surface area contributed by atoms with Gasteiger partial charge in [0.05, 0.1) is 6.04 Å². The molecule has 166 valence electrons. The molecule has 3 heterocycles. The third-order valence-electron chi connectivity index (χ3n) is 8.41. The number of fused-ring (bicyclic) bond motifs is 1. The van der Waals surface area contributed by atoms with E-state index in [9.17, 15) is 4.79 Å². The zero-order valence-corrected chi connectivity index (χ0v) is 19.6. The molecule has 5 rings (SSSR count). The van der Waals surface area contributed by atoms with Crippen LogP contribution >= 0.6 is 0 Å². The fourth-order valence-corrected chi connectivity index (χ4v) is 6.76. The summed E-state index contributed by atoms with van der Waals surface area (Å²) in [6.45, 7) is 8.88. The summed E-state index contributed by atoms with van der Waals surface area (Å²) in [6, 6.07) is 14.1. The minimum absolute atomic E-state index is 0.0575. The summed E-state index contributed by atoms with van der Waals surface area (Å²) in [6.07, 6.45) is 5.63.